The number of nitrogens with zero attached hydrogens (tertiary/aromatic N) is 1. The average Bonchev–Trinajstić information content (AvgIpc) is 2.41. The van der Waals surface area contributed by atoms with E-state index in [1.807, 2.05) is 18.0 Å². The Morgan fingerprint density at radius 3 is 2.40 bits per heavy atom. The summed E-state index contributed by atoms with van der Waals surface area (Å²) in [5.74, 6) is -0.207. The summed E-state index contributed by atoms with van der Waals surface area (Å²) < 4.78 is 13.6. The summed E-state index contributed by atoms with van der Waals surface area (Å²) in [5.41, 5.74) is 9.82. The molecule has 2 nitrogen and oxygen atoms in total. The summed E-state index contributed by atoms with van der Waals surface area (Å²) >= 11 is 0. The highest BCUT2D eigenvalue weighted by Crippen LogP contribution is 2.20. The zero-order valence-electron chi connectivity index (χ0n) is 12.1. The van der Waals surface area contributed by atoms with Crippen LogP contribution in [0, 0.1) is 12.7 Å². The fraction of sp³-hybridized carbons (Fsp3) is 0.294. The van der Waals surface area contributed by atoms with Crippen LogP contribution in [0.1, 0.15) is 16.7 Å². The molecule has 20 heavy (non-hydrogen) atoms. The number of rotatable bonds is 5. The zero-order valence-corrected chi connectivity index (χ0v) is 12.1. The van der Waals surface area contributed by atoms with Gasteiger partial charge in [0.25, 0.3) is 0 Å². The largest absolute Gasteiger partial charge is 0.370 e. The van der Waals surface area contributed by atoms with Crippen molar-refractivity contribution in [1.29, 1.82) is 0 Å². The summed E-state index contributed by atoms with van der Waals surface area (Å²) in [4.78, 5) is 2.05. The number of halogens is 1. The molecule has 0 spiro atoms. The highest BCUT2D eigenvalue weighted by atomic mass is 19.1. The van der Waals surface area contributed by atoms with E-state index in [1.54, 1.807) is 12.1 Å². The molecule has 0 bridgehead atoms. The summed E-state index contributed by atoms with van der Waals surface area (Å²) in [5, 5.41) is 0. The van der Waals surface area contributed by atoms with Crippen LogP contribution in [-0.2, 0) is 13.0 Å². The Labute approximate surface area is 120 Å². The van der Waals surface area contributed by atoms with Crippen LogP contribution in [0.3, 0.4) is 0 Å². The van der Waals surface area contributed by atoms with Crippen molar-refractivity contribution in [2.24, 2.45) is 5.73 Å². The summed E-state index contributed by atoms with van der Waals surface area (Å²) in [6.07, 6.45) is 0.698. The van der Waals surface area contributed by atoms with Crippen LogP contribution in [0.5, 0.6) is 0 Å². The molecule has 0 fully saturated rings. The van der Waals surface area contributed by atoms with Gasteiger partial charge >= 0.3 is 0 Å². The van der Waals surface area contributed by atoms with Gasteiger partial charge in [-0.15, -0.1) is 0 Å². The molecular formula is C17H21FN2. The first-order valence-corrected chi connectivity index (χ1v) is 6.84. The molecule has 2 aromatic rings. The molecule has 0 saturated carbocycles. The Balaban J connectivity index is 2.15. The van der Waals surface area contributed by atoms with Gasteiger partial charge in [-0.2, -0.15) is 0 Å². The fourth-order valence-corrected chi connectivity index (χ4v) is 2.22. The van der Waals surface area contributed by atoms with Gasteiger partial charge in [0, 0.05) is 19.3 Å². The molecule has 3 heteroatoms. The second-order valence-corrected chi connectivity index (χ2v) is 5.20. The van der Waals surface area contributed by atoms with Gasteiger partial charge < -0.3 is 10.6 Å². The van der Waals surface area contributed by atoms with Gasteiger partial charge in [-0.05, 0) is 49.2 Å². The van der Waals surface area contributed by atoms with Crippen LogP contribution < -0.4 is 10.6 Å². The van der Waals surface area contributed by atoms with Crippen molar-refractivity contribution in [3.05, 3.63) is 65.0 Å². The zero-order chi connectivity index (χ0) is 14.5. The first kappa shape index (κ1) is 14.5. The van der Waals surface area contributed by atoms with Gasteiger partial charge in [-0.1, -0.05) is 29.8 Å². The summed E-state index contributed by atoms with van der Waals surface area (Å²) in [6, 6.07) is 13.5. The van der Waals surface area contributed by atoms with Crippen LogP contribution in [0.25, 0.3) is 0 Å². The predicted octanol–water partition coefficient (Wildman–Crippen LogP) is 3.27. The molecule has 0 aliphatic rings. The second-order valence-electron chi connectivity index (χ2n) is 5.20. The second kappa shape index (κ2) is 6.53. The SMILES string of the molecule is Cc1ccc(CN(C)c2cc(F)cc(CCN)c2)cc1. The number of benzene rings is 2. The highest BCUT2D eigenvalue weighted by Gasteiger charge is 2.06. The van der Waals surface area contributed by atoms with Crippen molar-refractivity contribution in [3.63, 3.8) is 0 Å². The van der Waals surface area contributed by atoms with Crippen molar-refractivity contribution in [2.75, 3.05) is 18.5 Å². The molecule has 2 rings (SSSR count). The molecule has 0 radical (unpaired) electrons. The van der Waals surface area contributed by atoms with Crippen molar-refractivity contribution < 1.29 is 4.39 Å². The molecule has 0 unspecified atom stereocenters. The lowest BCUT2D eigenvalue weighted by molar-refractivity contribution is 0.624. The third-order valence-corrected chi connectivity index (χ3v) is 3.36. The lowest BCUT2D eigenvalue weighted by Gasteiger charge is -2.20. The van der Waals surface area contributed by atoms with E-state index in [-0.39, 0.29) is 5.82 Å². The summed E-state index contributed by atoms with van der Waals surface area (Å²) in [7, 11) is 1.97. The number of nitrogens with two attached hydrogens (primary N) is 1. The van der Waals surface area contributed by atoms with Crippen LogP contribution in [-0.4, -0.2) is 13.6 Å². The molecule has 0 saturated heterocycles. The summed E-state index contributed by atoms with van der Waals surface area (Å²) in [6.45, 7) is 3.36. The first-order valence-electron chi connectivity index (χ1n) is 6.84. The van der Waals surface area contributed by atoms with E-state index in [4.69, 9.17) is 5.73 Å². The normalized spacial score (nSPS) is 10.6. The molecule has 2 N–H and O–H groups in total. The topological polar surface area (TPSA) is 29.3 Å². The average molecular weight is 272 g/mol. The molecular weight excluding hydrogens is 251 g/mol. The molecule has 0 amide bonds. The molecule has 0 atom stereocenters. The Bertz CT molecular complexity index is 564. The third kappa shape index (κ3) is 3.81. The van der Waals surface area contributed by atoms with Gasteiger partial charge in [0.2, 0.25) is 0 Å². The Morgan fingerprint density at radius 1 is 1.05 bits per heavy atom. The van der Waals surface area contributed by atoms with Gasteiger partial charge in [0.05, 0.1) is 0 Å². The number of hydrogen-bond acceptors (Lipinski definition) is 2. The van der Waals surface area contributed by atoms with Crippen LogP contribution in [0.4, 0.5) is 10.1 Å². The highest BCUT2D eigenvalue weighted by molar-refractivity contribution is 5.49. The first-order chi connectivity index (χ1) is 9.58. The van der Waals surface area contributed by atoms with E-state index in [2.05, 4.69) is 31.2 Å². The minimum atomic E-state index is -0.207. The van der Waals surface area contributed by atoms with Crippen LogP contribution in [0.2, 0.25) is 0 Å². The molecule has 2 aromatic carbocycles. The number of aryl methyl sites for hydroxylation is 1. The van der Waals surface area contributed by atoms with Crippen molar-refractivity contribution in [2.45, 2.75) is 19.9 Å². The Hall–Kier alpha value is -1.87. The van der Waals surface area contributed by atoms with E-state index in [0.29, 0.717) is 13.0 Å². The maximum atomic E-state index is 13.6. The maximum absolute atomic E-state index is 13.6. The number of hydrogen-bond donors (Lipinski definition) is 1. The van der Waals surface area contributed by atoms with Crippen LogP contribution >= 0.6 is 0 Å². The molecule has 0 aromatic heterocycles. The molecule has 0 aliphatic heterocycles. The van der Waals surface area contributed by atoms with Gasteiger partial charge in [-0.3, -0.25) is 0 Å². The molecule has 0 heterocycles. The van der Waals surface area contributed by atoms with E-state index in [0.717, 1.165) is 17.8 Å². The molecule has 106 valence electrons. The van der Waals surface area contributed by atoms with E-state index in [9.17, 15) is 4.39 Å². The van der Waals surface area contributed by atoms with Crippen molar-refractivity contribution in [1.82, 2.24) is 0 Å². The third-order valence-electron chi connectivity index (χ3n) is 3.36. The Kier molecular flexibility index (Phi) is 4.74. The van der Waals surface area contributed by atoms with Gasteiger partial charge in [0.15, 0.2) is 0 Å². The van der Waals surface area contributed by atoms with Crippen molar-refractivity contribution in [3.8, 4) is 0 Å². The van der Waals surface area contributed by atoms with Crippen molar-refractivity contribution >= 4 is 5.69 Å². The standard InChI is InChI=1S/C17H21FN2/c1-13-3-5-14(6-4-13)12-20(2)17-10-15(7-8-19)9-16(18)11-17/h3-6,9-11H,7-8,12,19H2,1-2H3. The van der Waals surface area contributed by atoms with E-state index < -0.39 is 0 Å². The van der Waals surface area contributed by atoms with Gasteiger partial charge in [0.1, 0.15) is 5.82 Å². The van der Waals surface area contributed by atoms with E-state index in [1.165, 1.54) is 11.1 Å². The van der Waals surface area contributed by atoms with Gasteiger partial charge in [-0.25, -0.2) is 4.39 Å². The lowest BCUT2D eigenvalue weighted by Crippen LogP contribution is -2.17. The number of anilines is 1. The predicted molar refractivity (Wildman–Crippen MR) is 82.4 cm³/mol. The minimum Gasteiger partial charge on any atom is -0.370 e. The fourth-order valence-electron chi connectivity index (χ4n) is 2.22. The lowest BCUT2D eigenvalue weighted by atomic mass is 10.1. The minimum absolute atomic E-state index is 0.207. The molecule has 0 aliphatic carbocycles. The smallest absolute Gasteiger partial charge is 0.125 e. The quantitative estimate of drug-likeness (QED) is 0.905. The Morgan fingerprint density at radius 2 is 1.75 bits per heavy atom. The maximum Gasteiger partial charge on any atom is 0.125 e. The van der Waals surface area contributed by atoms with E-state index >= 15 is 0 Å². The monoisotopic (exact) mass is 272 g/mol. The van der Waals surface area contributed by atoms with Crippen LogP contribution in [0.15, 0.2) is 42.5 Å².